The van der Waals surface area contributed by atoms with Crippen LogP contribution in [0.4, 0.5) is 17.1 Å². The molecule has 0 radical (unpaired) electrons. The second kappa shape index (κ2) is 7.45. The van der Waals surface area contributed by atoms with Crippen LogP contribution in [0.2, 0.25) is 5.02 Å². The third-order valence-corrected chi connectivity index (χ3v) is 3.34. The van der Waals surface area contributed by atoms with E-state index in [9.17, 15) is 25.0 Å². The number of carbonyl (C=O) groups is 1. The minimum Gasteiger partial charge on any atom is -0.496 e. The van der Waals surface area contributed by atoms with Gasteiger partial charge in [0, 0.05) is 11.1 Å². The molecule has 0 saturated heterocycles. The normalized spacial score (nSPS) is 10.0. The number of non-ortho nitro benzene ring substituents is 1. The number of methoxy groups -OCH3 is 1. The van der Waals surface area contributed by atoms with Crippen LogP contribution in [0.1, 0.15) is 10.4 Å². The summed E-state index contributed by atoms with van der Waals surface area (Å²) in [7, 11) is 1.37. The fourth-order valence-electron chi connectivity index (χ4n) is 1.94. The van der Waals surface area contributed by atoms with Crippen LogP contribution in [0, 0.1) is 20.2 Å². The average Bonchev–Trinajstić information content (AvgIpc) is 2.59. The number of nitro benzene ring substituents is 2. The lowest BCUT2D eigenvalue weighted by atomic mass is 10.2. The number of hydrazine groups is 1. The van der Waals surface area contributed by atoms with E-state index in [1.165, 1.54) is 25.3 Å². The number of ether oxygens (including phenoxy) is 1. The maximum Gasteiger partial charge on any atom is 0.300 e. The summed E-state index contributed by atoms with van der Waals surface area (Å²) >= 11 is 5.84. The monoisotopic (exact) mass is 366 g/mol. The SMILES string of the molecule is COc1ccc(Cl)cc1C(=O)NNc1ccc([N+](=O)[O-])cc1[N+](=O)[O-]. The third-order valence-electron chi connectivity index (χ3n) is 3.11. The lowest BCUT2D eigenvalue weighted by Gasteiger charge is -2.11. The van der Waals surface area contributed by atoms with E-state index < -0.39 is 27.1 Å². The Bertz CT molecular complexity index is 857. The summed E-state index contributed by atoms with van der Waals surface area (Å²) in [5, 5.41) is 22.1. The molecule has 0 unspecified atom stereocenters. The first-order valence-electron chi connectivity index (χ1n) is 6.66. The first kappa shape index (κ1) is 17.9. The third kappa shape index (κ3) is 4.12. The highest BCUT2D eigenvalue weighted by atomic mass is 35.5. The van der Waals surface area contributed by atoms with Gasteiger partial charge < -0.3 is 4.74 Å². The van der Waals surface area contributed by atoms with Crippen LogP contribution in [0.3, 0.4) is 0 Å². The predicted molar refractivity (Wildman–Crippen MR) is 88.8 cm³/mol. The average molecular weight is 367 g/mol. The number of amides is 1. The van der Waals surface area contributed by atoms with E-state index in [-0.39, 0.29) is 17.0 Å². The second-order valence-corrected chi connectivity index (χ2v) is 5.08. The minimum absolute atomic E-state index is 0.104. The van der Waals surface area contributed by atoms with E-state index in [2.05, 4.69) is 10.9 Å². The van der Waals surface area contributed by atoms with Crippen LogP contribution in [-0.2, 0) is 0 Å². The molecule has 0 atom stereocenters. The lowest BCUT2D eigenvalue weighted by Crippen LogP contribution is -2.30. The van der Waals surface area contributed by atoms with E-state index in [1.807, 2.05) is 0 Å². The Morgan fingerprint density at radius 1 is 1.12 bits per heavy atom. The van der Waals surface area contributed by atoms with Crippen molar-refractivity contribution in [1.29, 1.82) is 0 Å². The van der Waals surface area contributed by atoms with Gasteiger partial charge in [0.25, 0.3) is 11.6 Å². The molecule has 2 rings (SSSR count). The predicted octanol–water partition coefficient (Wildman–Crippen LogP) is 2.92. The van der Waals surface area contributed by atoms with Gasteiger partial charge in [-0.1, -0.05) is 11.6 Å². The summed E-state index contributed by atoms with van der Waals surface area (Å²) in [6, 6.07) is 7.36. The molecular formula is C14H11ClN4O6. The van der Waals surface area contributed by atoms with Gasteiger partial charge in [-0.05, 0) is 24.3 Å². The fourth-order valence-corrected chi connectivity index (χ4v) is 2.11. The molecule has 11 heteroatoms. The number of anilines is 1. The largest absolute Gasteiger partial charge is 0.496 e. The van der Waals surface area contributed by atoms with E-state index in [4.69, 9.17) is 16.3 Å². The summed E-state index contributed by atoms with van der Waals surface area (Å²) in [4.78, 5) is 32.4. The van der Waals surface area contributed by atoms with Crippen LogP contribution >= 0.6 is 11.6 Å². The zero-order valence-electron chi connectivity index (χ0n) is 12.7. The number of carbonyl (C=O) groups excluding carboxylic acids is 1. The maximum atomic E-state index is 12.2. The molecule has 2 aromatic rings. The molecule has 2 aromatic carbocycles. The Labute approximate surface area is 145 Å². The summed E-state index contributed by atoms with van der Waals surface area (Å²) in [6.07, 6.45) is 0. The zero-order chi connectivity index (χ0) is 18.6. The Morgan fingerprint density at radius 2 is 1.84 bits per heavy atom. The molecule has 0 aliphatic heterocycles. The van der Waals surface area contributed by atoms with Crippen LogP contribution in [-0.4, -0.2) is 22.9 Å². The van der Waals surface area contributed by atoms with Crippen molar-refractivity contribution in [3.05, 3.63) is 67.2 Å². The van der Waals surface area contributed by atoms with Crippen LogP contribution in [0.25, 0.3) is 0 Å². The molecule has 0 aliphatic carbocycles. The molecule has 1 amide bonds. The topological polar surface area (TPSA) is 137 Å². The molecule has 2 N–H and O–H groups in total. The van der Waals surface area contributed by atoms with Gasteiger partial charge in [-0.2, -0.15) is 0 Å². The number of nitrogens with one attached hydrogen (secondary N) is 2. The molecule has 0 saturated carbocycles. The summed E-state index contributed by atoms with van der Waals surface area (Å²) in [6.45, 7) is 0. The number of nitrogens with zero attached hydrogens (tertiary/aromatic N) is 2. The van der Waals surface area contributed by atoms with Gasteiger partial charge in [0.05, 0.1) is 28.6 Å². The number of hydrogen-bond donors (Lipinski definition) is 2. The highest BCUT2D eigenvalue weighted by molar-refractivity contribution is 6.31. The van der Waals surface area contributed by atoms with Crippen molar-refractivity contribution in [2.24, 2.45) is 0 Å². The number of benzene rings is 2. The van der Waals surface area contributed by atoms with Gasteiger partial charge in [0.2, 0.25) is 0 Å². The summed E-state index contributed by atoms with van der Waals surface area (Å²) < 4.78 is 5.05. The molecule has 0 bridgehead atoms. The number of hydrogen-bond acceptors (Lipinski definition) is 7. The summed E-state index contributed by atoms with van der Waals surface area (Å²) in [5.74, 6) is -0.408. The molecule has 0 heterocycles. The van der Waals surface area contributed by atoms with E-state index in [1.54, 1.807) is 0 Å². The van der Waals surface area contributed by atoms with Crippen molar-refractivity contribution in [3.63, 3.8) is 0 Å². The Kier molecular flexibility index (Phi) is 5.35. The minimum atomic E-state index is -0.804. The van der Waals surface area contributed by atoms with Crippen molar-refractivity contribution in [3.8, 4) is 5.75 Å². The van der Waals surface area contributed by atoms with Gasteiger partial charge in [0.15, 0.2) is 0 Å². The van der Waals surface area contributed by atoms with E-state index in [0.29, 0.717) is 5.02 Å². The number of halogens is 1. The smallest absolute Gasteiger partial charge is 0.300 e. The molecule has 0 fully saturated rings. The fraction of sp³-hybridized carbons (Fsp3) is 0.0714. The quantitative estimate of drug-likeness (QED) is 0.592. The van der Waals surface area contributed by atoms with Crippen LogP contribution in [0.5, 0.6) is 5.75 Å². The second-order valence-electron chi connectivity index (χ2n) is 4.64. The van der Waals surface area contributed by atoms with E-state index >= 15 is 0 Å². The van der Waals surface area contributed by atoms with Crippen LogP contribution < -0.4 is 15.6 Å². The first-order chi connectivity index (χ1) is 11.8. The Morgan fingerprint density at radius 3 is 2.44 bits per heavy atom. The molecule has 0 spiro atoms. The number of nitro groups is 2. The van der Waals surface area contributed by atoms with Crippen molar-refractivity contribution < 1.29 is 19.4 Å². The van der Waals surface area contributed by atoms with Crippen molar-refractivity contribution in [2.45, 2.75) is 0 Å². The molecule has 0 aliphatic rings. The molecule has 10 nitrogen and oxygen atoms in total. The number of rotatable bonds is 6. The van der Waals surface area contributed by atoms with Gasteiger partial charge in [-0.15, -0.1) is 0 Å². The van der Waals surface area contributed by atoms with Gasteiger partial charge >= 0.3 is 5.69 Å². The highest BCUT2D eigenvalue weighted by Crippen LogP contribution is 2.28. The highest BCUT2D eigenvalue weighted by Gasteiger charge is 2.20. The molecule has 0 aromatic heterocycles. The standard InChI is InChI=1S/C14H11ClN4O6/c1-25-13-5-2-8(15)6-10(13)14(20)17-16-11-4-3-9(18(21)22)7-12(11)19(23)24/h2-7,16H,1H3,(H,17,20). The zero-order valence-corrected chi connectivity index (χ0v) is 13.4. The molecular weight excluding hydrogens is 356 g/mol. The molecule has 25 heavy (non-hydrogen) atoms. The van der Waals surface area contributed by atoms with Crippen molar-refractivity contribution in [2.75, 3.05) is 12.5 Å². The first-order valence-corrected chi connectivity index (χ1v) is 7.04. The van der Waals surface area contributed by atoms with Gasteiger partial charge in [-0.25, -0.2) is 0 Å². The summed E-state index contributed by atoms with van der Waals surface area (Å²) in [5.41, 5.74) is 3.60. The van der Waals surface area contributed by atoms with Gasteiger partial charge in [0.1, 0.15) is 11.4 Å². The van der Waals surface area contributed by atoms with E-state index in [0.717, 1.165) is 18.2 Å². The van der Waals surface area contributed by atoms with Gasteiger partial charge in [-0.3, -0.25) is 35.9 Å². The van der Waals surface area contributed by atoms with Crippen LogP contribution in [0.15, 0.2) is 36.4 Å². The van der Waals surface area contributed by atoms with Crippen molar-refractivity contribution in [1.82, 2.24) is 5.43 Å². The van der Waals surface area contributed by atoms with Crippen molar-refractivity contribution >= 4 is 34.6 Å². The Balaban J connectivity index is 2.24. The maximum absolute atomic E-state index is 12.2. The Hall–Kier alpha value is -3.40. The lowest BCUT2D eigenvalue weighted by molar-refractivity contribution is -0.393. The molecule has 130 valence electrons.